The fraction of sp³-hybridized carbons (Fsp3) is 0.357. The van der Waals surface area contributed by atoms with Crippen LogP contribution in [0.1, 0.15) is 48.1 Å². The van der Waals surface area contributed by atoms with Gasteiger partial charge in [-0.25, -0.2) is 4.98 Å². The molecular weight excluding hydrogens is 454 g/mol. The molecule has 2 atom stereocenters. The number of carbonyl (C=O) groups excluding carboxylic acids is 2. The van der Waals surface area contributed by atoms with Gasteiger partial charge in [0.15, 0.2) is 0 Å². The van der Waals surface area contributed by atoms with E-state index in [1.165, 1.54) is 16.3 Å². The van der Waals surface area contributed by atoms with Gasteiger partial charge in [0.25, 0.3) is 5.56 Å². The molecule has 2 aromatic carbocycles. The molecule has 0 saturated heterocycles. The molecule has 3 aromatic rings. The molecule has 1 aliphatic rings. The Balaban J connectivity index is 1.68. The van der Waals surface area contributed by atoms with Crippen molar-refractivity contribution < 1.29 is 9.59 Å². The second-order valence-electron chi connectivity index (χ2n) is 9.42. The largest absolute Gasteiger partial charge is 0.348 e. The number of anilines is 1. The van der Waals surface area contributed by atoms with Gasteiger partial charge < -0.3 is 16.0 Å². The Hall–Kier alpha value is -3.78. The number of benzene rings is 2. The van der Waals surface area contributed by atoms with E-state index in [0.717, 1.165) is 41.5 Å². The molecule has 2 amide bonds. The van der Waals surface area contributed by atoms with Crippen LogP contribution in [0.15, 0.2) is 53.5 Å². The number of rotatable bonds is 7. The first-order chi connectivity index (χ1) is 17.3. The Labute approximate surface area is 211 Å². The fourth-order valence-corrected chi connectivity index (χ4v) is 4.66. The van der Waals surface area contributed by atoms with E-state index in [-0.39, 0.29) is 30.1 Å². The topological polar surface area (TPSA) is 105 Å². The third kappa shape index (κ3) is 5.39. The van der Waals surface area contributed by atoms with E-state index in [9.17, 15) is 14.4 Å². The number of amides is 2. The SMILES string of the molecule is CN[C@@H](C)C(=O)Nc1cnc(-c2ccc(C)cc2C)n(CC(=O)NC2CCCc3ccccc32)c1=O. The molecule has 188 valence electrons. The lowest BCUT2D eigenvalue weighted by Crippen LogP contribution is -2.40. The Morgan fingerprint density at radius 2 is 1.94 bits per heavy atom. The van der Waals surface area contributed by atoms with Crippen LogP contribution in [0.5, 0.6) is 0 Å². The first-order valence-electron chi connectivity index (χ1n) is 12.3. The van der Waals surface area contributed by atoms with Crippen LogP contribution in [-0.4, -0.2) is 34.5 Å². The number of nitrogens with one attached hydrogen (secondary N) is 3. The smallest absolute Gasteiger partial charge is 0.278 e. The molecule has 0 radical (unpaired) electrons. The number of aromatic nitrogens is 2. The molecule has 0 spiro atoms. The third-order valence-electron chi connectivity index (χ3n) is 6.76. The van der Waals surface area contributed by atoms with E-state index in [1.54, 1.807) is 14.0 Å². The van der Waals surface area contributed by atoms with Gasteiger partial charge in [0.2, 0.25) is 11.8 Å². The van der Waals surface area contributed by atoms with Crippen LogP contribution in [0.2, 0.25) is 0 Å². The van der Waals surface area contributed by atoms with Gasteiger partial charge >= 0.3 is 0 Å². The van der Waals surface area contributed by atoms with E-state index in [1.807, 2.05) is 50.2 Å². The van der Waals surface area contributed by atoms with Gasteiger partial charge in [-0.1, -0.05) is 48.0 Å². The van der Waals surface area contributed by atoms with Crippen molar-refractivity contribution in [3.63, 3.8) is 0 Å². The van der Waals surface area contributed by atoms with Crippen LogP contribution in [-0.2, 0) is 22.6 Å². The minimum atomic E-state index is -0.494. The van der Waals surface area contributed by atoms with E-state index in [0.29, 0.717) is 5.82 Å². The van der Waals surface area contributed by atoms with Crippen LogP contribution in [0.3, 0.4) is 0 Å². The predicted octanol–water partition coefficient (Wildman–Crippen LogP) is 3.27. The normalized spacial score (nSPS) is 15.6. The van der Waals surface area contributed by atoms with Crippen molar-refractivity contribution in [2.24, 2.45) is 0 Å². The Bertz CT molecular complexity index is 1350. The minimum absolute atomic E-state index is 0.0337. The molecule has 8 heteroatoms. The fourth-order valence-electron chi connectivity index (χ4n) is 4.66. The lowest BCUT2D eigenvalue weighted by atomic mass is 9.88. The summed E-state index contributed by atoms with van der Waals surface area (Å²) in [6.07, 6.45) is 4.19. The molecule has 1 aromatic heterocycles. The van der Waals surface area contributed by atoms with Crippen LogP contribution in [0, 0.1) is 13.8 Å². The second-order valence-corrected chi connectivity index (χ2v) is 9.42. The first kappa shape index (κ1) is 25.3. The van der Waals surface area contributed by atoms with Crippen molar-refractivity contribution in [3.05, 3.63) is 81.3 Å². The summed E-state index contributed by atoms with van der Waals surface area (Å²) in [6.45, 7) is 5.43. The van der Waals surface area contributed by atoms with Gasteiger partial charge in [-0.15, -0.1) is 0 Å². The highest BCUT2D eigenvalue weighted by Gasteiger charge is 2.23. The summed E-state index contributed by atoms with van der Waals surface area (Å²) in [5.74, 6) is -0.250. The van der Waals surface area contributed by atoms with E-state index in [4.69, 9.17) is 0 Å². The number of hydrogen-bond acceptors (Lipinski definition) is 5. The summed E-state index contributed by atoms with van der Waals surface area (Å²) in [5.41, 5.74) is 4.71. The van der Waals surface area contributed by atoms with Gasteiger partial charge in [-0.05, 0) is 63.8 Å². The average Bonchev–Trinajstić information content (AvgIpc) is 2.86. The zero-order chi connectivity index (χ0) is 25.8. The maximum atomic E-state index is 13.5. The number of fused-ring (bicyclic) bond motifs is 1. The van der Waals surface area contributed by atoms with Crippen molar-refractivity contribution in [2.75, 3.05) is 12.4 Å². The second kappa shape index (κ2) is 10.9. The highest BCUT2D eigenvalue weighted by atomic mass is 16.2. The Kier molecular flexibility index (Phi) is 7.64. The monoisotopic (exact) mass is 487 g/mol. The van der Waals surface area contributed by atoms with Crippen LogP contribution in [0.25, 0.3) is 11.4 Å². The standard InChI is InChI=1S/C28H33N5O3/c1-17-12-13-21(18(2)14-17)26-30-15-24(32-27(35)19(3)29-4)28(36)33(26)16-25(34)31-23-11-7-9-20-8-5-6-10-22(20)23/h5-6,8,10,12-15,19,23,29H,7,9,11,16H2,1-4H3,(H,31,34)(H,32,35)/t19-,23?/m0/s1. The van der Waals surface area contributed by atoms with Crippen molar-refractivity contribution in [3.8, 4) is 11.4 Å². The van der Waals surface area contributed by atoms with Crippen molar-refractivity contribution in [1.29, 1.82) is 0 Å². The lowest BCUT2D eigenvalue weighted by Gasteiger charge is -2.26. The van der Waals surface area contributed by atoms with Gasteiger partial charge in [0.1, 0.15) is 18.1 Å². The summed E-state index contributed by atoms with van der Waals surface area (Å²) in [4.78, 5) is 43.7. The molecular formula is C28H33N5O3. The van der Waals surface area contributed by atoms with E-state index >= 15 is 0 Å². The summed E-state index contributed by atoms with van der Waals surface area (Å²) < 4.78 is 1.35. The summed E-state index contributed by atoms with van der Waals surface area (Å²) in [6, 6.07) is 13.4. The molecule has 1 heterocycles. The number of carbonyl (C=O) groups is 2. The molecule has 1 aliphatic carbocycles. The molecule has 0 fully saturated rings. The number of aryl methyl sites for hydroxylation is 3. The lowest BCUT2D eigenvalue weighted by molar-refractivity contribution is -0.122. The number of likely N-dealkylation sites (N-methyl/N-ethyl adjacent to an activating group) is 1. The molecule has 0 saturated carbocycles. The van der Waals surface area contributed by atoms with Crippen LogP contribution >= 0.6 is 0 Å². The Morgan fingerprint density at radius 1 is 1.17 bits per heavy atom. The quantitative estimate of drug-likeness (QED) is 0.474. The van der Waals surface area contributed by atoms with E-state index < -0.39 is 11.6 Å². The molecule has 36 heavy (non-hydrogen) atoms. The average molecular weight is 488 g/mol. The molecule has 4 rings (SSSR count). The van der Waals surface area contributed by atoms with E-state index in [2.05, 4.69) is 27.0 Å². The molecule has 0 aliphatic heterocycles. The molecule has 1 unspecified atom stereocenters. The number of nitrogens with zero attached hydrogens (tertiary/aromatic N) is 2. The van der Waals surface area contributed by atoms with Gasteiger partial charge in [-0.2, -0.15) is 0 Å². The van der Waals surface area contributed by atoms with Gasteiger partial charge in [-0.3, -0.25) is 19.0 Å². The van der Waals surface area contributed by atoms with Crippen LogP contribution in [0.4, 0.5) is 5.69 Å². The van der Waals surface area contributed by atoms with Gasteiger partial charge in [0.05, 0.1) is 18.3 Å². The van der Waals surface area contributed by atoms with Crippen molar-refractivity contribution in [1.82, 2.24) is 20.2 Å². The number of hydrogen-bond donors (Lipinski definition) is 3. The maximum Gasteiger partial charge on any atom is 0.278 e. The summed E-state index contributed by atoms with van der Waals surface area (Å²) in [5, 5.41) is 8.61. The Morgan fingerprint density at radius 3 is 2.69 bits per heavy atom. The van der Waals surface area contributed by atoms with Crippen molar-refractivity contribution in [2.45, 2.75) is 58.7 Å². The maximum absolute atomic E-state index is 13.5. The molecule has 0 bridgehead atoms. The van der Waals surface area contributed by atoms with Crippen molar-refractivity contribution >= 4 is 17.5 Å². The highest BCUT2D eigenvalue weighted by molar-refractivity contribution is 5.94. The molecule has 3 N–H and O–H groups in total. The minimum Gasteiger partial charge on any atom is -0.348 e. The predicted molar refractivity (Wildman–Crippen MR) is 141 cm³/mol. The first-order valence-corrected chi connectivity index (χ1v) is 12.3. The van der Waals surface area contributed by atoms with Crippen LogP contribution < -0.4 is 21.5 Å². The highest BCUT2D eigenvalue weighted by Crippen LogP contribution is 2.29. The zero-order valence-electron chi connectivity index (χ0n) is 21.2. The zero-order valence-corrected chi connectivity index (χ0v) is 21.2. The summed E-state index contributed by atoms with van der Waals surface area (Å²) >= 11 is 0. The summed E-state index contributed by atoms with van der Waals surface area (Å²) in [7, 11) is 1.66. The van der Waals surface area contributed by atoms with Gasteiger partial charge in [0, 0.05) is 5.56 Å². The third-order valence-corrected chi connectivity index (χ3v) is 6.76. The molecule has 8 nitrogen and oxygen atoms in total.